The molecule has 1 heterocycles. The molecule has 0 amide bonds. The first-order chi connectivity index (χ1) is 10.0. The van der Waals surface area contributed by atoms with Gasteiger partial charge in [0.15, 0.2) is 5.84 Å². The van der Waals surface area contributed by atoms with E-state index in [1.807, 2.05) is 18.2 Å². The largest absolute Gasteiger partial charge is 0.409 e. The number of anilines is 1. The molecular formula is C15H23BrN4O. The lowest BCUT2D eigenvalue weighted by atomic mass is 9.96. The molecule has 6 heteroatoms. The van der Waals surface area contributed by atoms with E-state index >= 15 is 0 Å². The fourth-order valence-corrected chi connectivity index (χ4v) is 3.42. The third-order valence-corrected chi connectivity index (χ3v) is 4.80. The van der Waals surface area contributed by atoms with Gasteiger partial charge in [0.05, 0.1) is 5.56 Å². The number of halogens is 1. The van der Waals surface area contributed by atoms with Gasteiger partial charge >= 0.3 is 0 Å². The molecule has 1 aromatic carbocycles. The van der Waals surface area contributed by atoms with Gasteiger partial charge in [-0.1, -0.05) is 11.2 Å². The molecule has 1 aromatic rings. The van der Waals surface area contributed by atoms with Gasteiger partial charge in [-0.15, -0.1) is 0 Å². The number of hydrogen-bond donors (Lipinski definition) is 2. The van der Waals surface area contributed by atoms with Gasteiger partial charge in [-0.05, 0) is 67.0 Å². The molecule has 3 N–H and O–H groups in total. The van der Waals surface area contributed by atoms with Crippen molar-refractivity contribution in [3.05, 3.63) is 28.2 Å². The van der Waals surface area contributed by atoms with Gasteiger partial charge in [-0.3, -0.25) is 0 Å². The number of likely N-dealkylation sites (tertiary alicyclic amines) is 1. The number of benzene rings is 1. The standard InChI is InChI=1S/C15H23BrN4O/c1-19-8-6-11(7-9-19)10-20(2)13-5-3-4-12(16)14(13)15(17)18-21/h3-5,11,21H,6-10H2,1-2H3,(H2,17,18). The van der Waals surface area contributed by atoms with Crippen LogP contribution in [0.5, 0.6) is 0 Å². The second-order valence-corrected chi connectivity index (χ2v) is 6.60. The van der Waals surface area contributed by atoms with Crippen LogP contribution >= 0.6 is 15.9 Å². The SMILES string of the molecule is CN1CCC(CN(C)c2cccc(Br)c2/C(N)=N/O)CC1. The first-order valence-corrected chi connectivity index (χ1v) is 7.98. The summed E-state index contributed by atoms with van der Waals surface area (Å²) in [6.45, 7) is 3.30. The van der Waals surface area contributed by atoms with Gasteiger partial charge < -0.3 is 20.7 Å². The summed E-state index contributed by atoms with van der Waals surface area (Å²) in [7, 11) is 4.24. The minimum atomic E-state index is 0.132. The topological polar surface area (TPSA) is 65.1 Å². The summed E-state index contributed by atoms with van der Waals surface area (Å²) in [5.41, 5.74) is 7.55. The highest BCUT2D eigenvalue weighted by Crippen LogP contribution is 2.28. The summed E-state index contributed by atoms with van der Waals surface area (Å²) in [4.78, 5) is 4.57. The number of amidine groups is 1. The molecule has 1 fully saturated rings. The number of nitrogens with zero attached hydrogens (tertiary/aromatic N) is 3. The summed E-state index contributed by atoms with van der Waals surface area (Å²) >= 11 is 3.48. The Morgan fingerprint density at radius 1 is 1.48 bits per heavy atom. The molecule has 116 valence electrons. The van der Waals surface area contributed by atoms with Crippen molar-refractivity contribution < 1.29 is 5.21 Å². The van der Waals surface area contributed by atoms with Crippen LogP contribution in [-0.2, 0) is 0 Å². The first kappa shape index (κ1) is 16.1. The van der Waals surface area contributed by atoms with Gasteiger partial charge in [0.1, 0.15) is 0 Å². The van der Waals surface area contributed by atoms with E-state index in [-0.39, 0.29) is 5.84 Å². The van der Waals surface area contributed by atoms with E-state index in [0.717, 1.165) is 35.4 Å². The van der Waals surface area contributed by atoms with Crippen LogP contribution in [0.25, 0.3) is 0 Å². The zero-order chi connectivity index (χ0) is 15.4. The maximum absolute atomic E-state index is 8.99. The Morgan fingerprint density at radius 3 is 2.76 bits per heavy atom. The van der Waals surface area contributed by atoms with E-state index in [2.05, 4.69) is 45.0 Å². The van der Waals surface area contributed by atoms with Crippen molar-refractivity contribution in [2.45, 2.75) is 12.8 Å². The van der Waals surface area contributed by atoms with Crippen LogP contribution < -0.4 is 10.6 Å². The van der Waals surface area contributed by atoms with E-state index < -0.39 is 0 Å². The monoisotopic (exact) mass is 354 g/mol. The Kier molecular flexibility index (Phi) is 5.47. The third kappa shape index (κ3) is 3.89. The maximum atomic E-state index is 8.99. The predicted molar refractivity (Wildman–Crippen MR) is 90.1 cm³/mol. The predicted octanol–water partition coefficient (Wildman–Crippen LogP) is 2.32. The fraction of sp³-hybridized carbons (Fsp3) is 0.533. The molecule has 0 radical (unpaired) electrons. The van der Waals surface area contributed by atoms with Gasteiger partial charge in [0.2, 0.25) is 0 Å². The van der Waals surface area contributed by atoms with E-state index in [0.29, 0.717) is 5.92 Å². The number of hydrogen-bond acceptors (Lipinski definition) is 4. The molecule has 0 unspecified atom stereocenters. The van der Waals surface area contributed by atoms with Crippen molar-refractivity contribution in [3.63, 3.8) is 0 Å². The molecule has 2 rings (SSSR count). The first-order valence-electron chi connectivity index (χ1n) is 7.19. The Hall–Kier alpha value is -1.27. The lowest BCUT2D eigenvalue weighted by Gasteiger charge is -2.33. The molecule has 0 atom stereocenters. The van der Waals surface area contributed by atoms with E-state index in [9.17, 15) is 0 Å². The molecule has 1 saturated heterocycles. The zero-order valence-corrected chi connectivity index (χ0v) is 14.2. The van der Waals surface area contributed by atoms with Crippen molar-refractivity contribution >= 4 is 27.5 Å². The molecule has 0 spiro atoms. The van der Waals surface area contributed by atoms with Crippen molar-refractivity contribution in [1.82, 2.24) is 4.90 Å². The highest BCUT2D eigenvalue weighted by molar-refractivity contribution is 9.10. The molecule has 0 bridgehead atoms. The Bertz CT molecular complexity index is 512. The fourth-order valence-electron chi connectivity index (χ4n) is 2.86. The third-order valence-electron chi connectivity index (χ3n) is 4.14. The number of nitrogens with two attached hydrogens (primary N) is 1. The lowest BCUT2D eigenvalue weighted by Crippen LogP contribution is -2.36. The van der Waals surface area contributed by atoms with Gasteiger partial charge in [-0.2, -0.15) is 0 Å². The van der Waals surface area contributed by atoms with Crippen LogP contribution in [0, 0.1) is 5.92 Å². The maximum Gasteiger partial charge on any atom is 0.173 e. The molecule has 0 saturated carbocycles. The van der Waals surface area contributed by atoms with Crippen molar-refractivity contribution in [2.24, 2.45) is 16.8 Å². The number of piperidine rings is 1. The molecule has 0 aliphatic carbocycles. The van der Waals surface area contributed by atoms with Crippen molar-refractivity contribution in [2.75, 3.05) is 38.6 Å². The molecule has 5 nitrogen and oxygen atoms in total. The summed E-state index contributed by atoms with van der Waals surface area (Å²) < 4.78 is 0.838. The number of oxime groups is 1. The van der Waals surface area contributed by atoms with Crippen LogP contribution in [0.15, 0.2) is 27.8 Å². The second kappa shape index (κ2) is 7.13. The van der Waals surface area contributed by atoms with Crippen LogP contribution in [-0.4, -0.2) is 49.7 Å². The van der Waals surface area contributed by atoms with Gasteiger partial charge in [-0.25, -0.2) is 0 Å². The highest BCUT2D eigenvalue weighted by atomic mass is 79.9. The summed E-state index contributed by atoms with van der Waals surface area (Å²) in [6.07, 6.45) is 2.43. The minimum absolute atomic E-state index is 0.132. The number of rotatable bonds is 4. The Balaban J connectivity index is 2.15. The second-order valence-electron chi connectivity index (χ2n) is 5.75. The molecular weight excluding hydrogens is 332 g/mol. The quantitative estimate of drug-likeness (QED) is 0.377. The average Bonchev–Trinajstić information content (AvgIpc) is 2.48. The molecule has 21 heavy (non-hydrogen) atoms. The van der Waals surface area contributed by atoms with Crippen LogP contribution in [0.4, 0.5) is 5.69 Å². The van der Waals surface area contributed by atoms with Crippen molar-refractivity contribution in [1.29, 1.82) is 0 Å². The molecule has 0 aromatic heterocycles. The van der Waals surface area contributed by atoms with Crippen molar-refractivity contribution in [3.8, 4) is 0 Å². The molecule has 1 aliphatic rings. The minimum Gasteiger partial charge on any atom is -0.409 e. The molecule has 1 aliphatic heterocycles. The van der Waals surface area contributed by atoms with E-state index in [1.165, 1.54) is 12.8 Å². The van der Waals surface area contributed by atoms with Crippen LogP contribution in [0.3, 0.4) is 0 Å². The van der Waals surface area contributed by atoms with E-state index in [4.69, 9.17) is 10.9 Å². The smallest absolute Gasteiger partial charge is 0.173 e. The van der Waals surface area contributed by atoms with E-state index in [1.54, 1.807) is 0 Å². The normalized spacial score (nSPS) is 18.0. The van der Waals surface area contributed by atoms with Gasteiger partial charge in [0, 0.05) is 23.8 Å². The highest BCUT2D eigenvalue weighted by Gasteiger charge is 2.20. The average molecular weight is 355 g/mol. The zero-order valence-electron chi connectivity index (χ0n) is 12.6. The Morgan fingerprint density at radius 2 is 2.14 bits per heavy atom. The van der Waals surface area contributed by atoms with Crippen LogP contribution in [0.1, 0.15) is 18.4 Å². The lowest BCUT2D eigenvalue weighted by molar-refractivity contribution is 0.222. The van der Waals surface area contributed by atoms with Gasteiger partial charge in [0.25, 0.3) is 0 Å². The Labute approximate surface area is 134 Å². The van der Waals surface area contributed by atoms with Crippen LogP contribution in [0.2, 0.25) is 0 Å². The summed E-state index contributed by atoms with van der Waals surface area (Å²) in [5, 5.41) is 12.1. The summed E-state index contributed by atoms with van der Waals surface area (Å²) in [6, 6.07) is 5.88. The summed E-state index contributed by atoms with van der Waals surface area (Å²) in [5.74, 6) is 0.818.